The van der Waals surface area contributed by atoms with Gasteiger partial charge in [0.2, 0.25) is 0 Å². The van der Waals surface area contributed by atoms with Crippen molar-refractivity contribution < 1.29 is 19.4 Å². The van der Waals surface area contributed by atoms with Crippen LogP contribution in [0.15, 0.2) is 25.3 Å². The second-order valence-electron chi connectivity index (χ2n) is 6.19. The molecule has 0 saturated heterocycles. The molecule has 0 aliphatic heterocycles. The van der Waals surface area contributed by atoms with Crippen LogP contribution in [-0.2, 0) is 9.53 Å². The summed E-state index contributed by atoms with van der Waals surface area (Å²) in [4.78, 5) is 22.9. The van der Waals surface area contributed by atoms with Gasteiger partial charge in [-0.1, -0.05) is 38.8 Å². The van der Waals surface area contributed by atoms with Crippen LogP contribution in [0.3, 0.4) is 0 Å². The summed E-state index contributed by atoms with van der Waals surface area (Å²) in [7, 11) is 0. The molecule has 5 heteroatoms. The summed E-state index contributed by atoms with van der Waals surface area (Å²) in [5.74, 6) is -1.04. The Labute approximate surface area is 133 Å². The van der Waals surface area contributed by atoms with Crippen LogP contribution in [0.5, 0.6) is 0 Å². The van der Waals surface area contributed by atoms with Crippen molar-refractivity contribution in [3.63, 3.8) is 0 Å². The van der Waals surface area contributed by atoms with E-state index in [0.717, 1.165) is 25.7 Å². The molecular formula is C17H29NO4. The molecule has 0 radical (unpaired) electrons. The quantitative estimate of drug-likeness (QED) is 0.423. The first kappa shape index (κ1) is 20.2. The molecule has 0 rings (SSSR count). The minimum absolute atomic E-state index is 0.206. The Balaban J connectivity index is 4.15. The lowest BCUT2D eigenvalue weighted by atomic mass is 9.91. The fourth-order valence-electron chi connectivity index (χ4n) is 1.97. The Morgan fingerprint density at radius 1 is 1.23 bits per heavy atom. The Morgan fingerprint density at radius 2 is 1.91 bits per heavy atom. The minimum atomic E-state index is -1.04. The molecule has 0 saturated carbocycles. The van der Waals surface area contributed by atoms with Crippen LogP contribution >= 0.6 is 0 Å². The molecule has 22 heavy (non-hydrogen) atoms. The minimum Gasteiger partial charge on any atom is -0.480 e. The lowest BCUT2D eigenvalue weighted by Crippen LogP contribution is -2.41. The van der Waals surface area contributed by atoms with Crippen LogP contribution in [-0.4, -0.2) is 29.8 Å². The summed E-state index contributed by atoms with van der Waals surface area (Å²) in [6.07, 6.45) is 7.60. The Kier molecular flexibility index (Phi) is 10.00. The summed E-state index contributed by atoms with van der Waals surface area (Å²) in [6.45, 7) is 11.4. The molecule has 1 unspecified atom stereocenters. The van der Waals surface area contributed by atoms with Gasteiger partial charge in [-0.3, -0.25) is 0 Å². The number of hydrogen-bond donors (Lipinski definition) is 2. The van der Waals surface area contributed by atoms with Gasteiger partial charge >= 0.3 is 12.1 Å². The van der Waals surface area contributed by atoms with Crippen molar-refractivity contribution in [3.8, 4) is 0 Å². The van der Waals surface area contributed by atoms with E-state index in [-0.39, 0.29) is 12.0 Å². The number of nitrogens with one attached hydrogen (secondary N) is 1. The topological polar surface area (TPSA) is 75.6 Å². The van der Waals surface area contributed by atoms with E-state index in [2.05, 4.69) is 18.5 Å². The highest BCUT2D eigenvalue weighted by Gasteiger charge is 2.23. The first-order valence-electron chi connectivity index (χ1n) is 7.70. The van der Waals surface area contributed by atoms with E-state index in [9.17, 15) is 9.59 Å². The third-order valence-electron chi connectivity index (χ3n) is 3.28. The Bertz CT molecular complexity index is 377. The van der Waals surface area contributed by atoms with Gasteiger partial charge in [0.15, 0.2) is 0 Å². The lowest BCUT2D eigenvalue weighted by Gasteiger charge is -2.23. The molecule has 0 aromatic carbocycles. The van der Waals surface area contributed by atoms with Crippen LogP contribution in [0.25, 0.3) is 0 Å². The second-order valence-corrected chi connectivity index (χ2v) is 6.19. The molecule has 5 nitrogen and oxygen atoms in total. The Morgan fingerprint density at radius 3 is 2.45 bits per heavy atom. The number of carboxylic acid groups (broad SMARTS) is 1. The maximum Gasteiger partial charge on any atom is 0.407 e. The molecule has 0 aliphatic carbocycles. The predicted molar refractivity (Wildman–Crippen MR) is 87.8 cm³/mol. The van der Waals surface area contributed by atoms with Crippen LogP contribution < -0.4 is 5.32 Å². The summed E-state index contributed by atoms with van der Waals surface area (Å²) < 4.78 is 5.11. The predicted octanol–water partition coefficient (Wildman–Crippen LogP) is 3.90. The highest BCUT2D eigenvalue weighted by Crippen LogP contribution is 2.20. The zero-order valence-electron chi connectivity index (χ0n) is 13.8. The third-order valence-corrected chi connectivity index (χ3v) is 3.28. The van der Waals surface area contributed by atoms with E-state index in [1.165, 1.54) is 0 Å². The molecule has 1 atom stereocenters. The van der Waals surface area contributed by atoms with Crippen LogP contribution in [0, 0.1) is 5.41 Å². The SMILES string of the molecule is C=CCCCCCC(NC(=O)OCC(C)(C)CC=C)C(=O)O. The summed E-state index contributed by atoms with van der Waals surface area (Å²) >= 11 is 0. The summed E-state index contributed by atoms with van der Waals surface area (Å²) in [6, 6.07) is -0.904. The van der Waals surface area contributed by atoms with Gasteiger partial charge in [-0.05, 0) is 25.7 Å². The number of aliphatic carboxylic acids is 1. The van der Waals surface area contributed by atoms with Crippen molar-refractivity contribution in [2.75, 3.05) is 6.61 Å². The highest BCUT2D eigenvalue weighted by molar-refractivity contribution is 5.79. The van der Waals surface area contributed by atoms with Crippen molar-refractivity contribution in [1.29, 1.82) is 0 Å². The van der Waals surface area contributed by atoms with Gasteiger partial charge < -0.3 is 15.2 Å². The van der Waals surface area contributed by atoms with E-state index in [1.54, 1.807) is 6.08 Å². The molecule has 1 amide bonds. The fourth-order valence-corrected chi connectivity index (χ4v) is 1.97. The van der Waals surface area contributed by atoms with Gasteiger partial charge in [0.05, 0.1) is 6.61 Å². The van der Waals surface area contributed by atoms with Gasteiger partial charge in [0.1, 0.15) is 6.04 Å². The van der Waals surface area contributed by atoms with Gasteiger partial charge in [-0.25, -0.2) is 9.59 Å². The van der Waals surface area contributed by atoms with E-state index in [1.807, 2.05) is 19.9 Å². The van der Waals surface area contributed by atoms with Crippen molar-refractivity contribution >= 4 is 12.1 Å². The molecule has 0 fully saturated rings. The number of allylic oxidation sites excluding steroid dienone is 2. The molecular weight excluding hydrogens is 282 g/mol. The van der Waals surface area contributed by atoms with Gasteiger partial charge in [0, 0.05) is 5.41 Å². The standard InChI is InChI=1S/C17H29NO4/c1-5-7-8-9-10-11-14(15(19)20)18-16(21)22-13-17(3,4)12-6-2/h5-6,14H,1-2,7-13H2,3-4H3,(H,18,21)(H,19,20). The molecule has 0 aromatic rings. The monoisotopic (exact) mass is 311 g/mol. The third kappa shape index (κ3) is 10.0. The number of carbonyl (C=O) groups excluding carboxylic acids is 1. The summed E-state index contributed by atoms with van der Waals surface area (Å²) in [5, 5.41) is 11.6. The molecule has 0 bridgehead atoms. The largest absolute Gasteiger partial charge is 0.480 e. The average Bonchev–Trinajstić information content (AvgIpc) is 2.43. The van der Waals surface area contributed by atoms with E-state index < -0.39 is 18.1 Å². The number of amides is 1. The van der Waals surface area contributed by atoms with Crippen LogP contribution in [0.2, 0.25) is 0 Å². The van der Waals surface area contributed by atoms with Crippen LogP contribution in [0.4, 0.5) is 4.79 Å². The second kappa shape index (κ2) is 10.9. The smallest absolute Gasteiger partial charge is 0.407 e. The highest BCUT2D eigenvalue weighted by atomic mass is 16.5. The van der Waals surface area contributed by atoms with Gasteiger partial charge in [-0.15, -0.1) is 13.2 Å². The number of carbonyl (C=O) groups is 2. The number of carboxylic acids is 1. The number of rotatable bonds is 12. The van der Waals surface area contributed by atoms with Crippen molar-refractivity contribution in [2.24, 2.45) is 5.41 Å². The maximum atomic E-state index is 11.7. The first-order chi connectivity index (χ1) is 10.3. The Hall–Kier alpha value is -1.78. The first-order valence-corrected chi connectivity index (χ1v) is 7.70. The number of ether oxygens (including phenoxy) is 1. The summed E-state index contributed by atoms with van der Waals surface area (Å²) in [5.41, 5.74) is -0.206. The zero-order valence-corrected chi connectivity index (χ0v) is 13.8. The van der Waals surface area contributed by atoms with Crippen molar-refractivity contribution in [2.45, 2.75) is 58.4 Å². The molecule has 0 aromatic heterocycles. The number of hydrogen-bond acceptors (Lipinski definition) is 3. The van der Waals surface area contributed by atoms with Crippen molar-refractivity contribution in [1.82, 2.24) is 5.32 Å². The van der Waals surface area contributed by atoms with E-state index in [0.29, 0.717) is 12.8 Å². The van der Waals surface area contributed by atoms with E-state index >= 15 is 0 Å². The zero-order chi connectivity index (χ0) is 17.0. The molecule has 0 aliphatic rings. The molecule has 0 heterocycles. The lowest BCUT2D eigenvalue weighted by molar-refractivity contribution is -0.139. The van der Waals surface area contributed by atoms with Gasteiger partial charge in [-0.2, -0.15) is 0 Å². The van der Waals surface area contributed by atoms with Crippen molar-refractivity contribution in [3.05, 3.63) is 25.3 Å². The number of unbranched alkanes of at least 4 members (excludes halogenated alkanes) is 3. The average molecular weight is 311 g/mol. The molecule has 0 spiro atoms. The van der Waals surface area contributed by atoms with Gasteiger partial charge in [0.25, 0.3) is 0 Å². The molecule has 126 valence electrons. The molecule has 2 N–H and O–H groups in total. The van der Waals surface area contributed by atoms with Crippen LogP contribution in [0.1, 0.15) is 52.4 Å². The maximum absolute atomic E-state index is 11.7. The number of alkyl carbamates (subject to hydrolysis) is 1. The van der Waals surface area contributed by atoms with E-state index in [4.69, 9.17) is 9.84 Å². The normalized spacial score (nSPS) is 12.3. The fraction of sp³-hybridized carbons (Fsp3) is 0.647.